The standard InChI is InChI=1S/C20H29BrN6O/c1-20(2,15-7-5-6-8-16(15)21)13-23-19(22-3)24-14-9-10-18-25-17(12-28-4)26-27(18)11-14/h5-8,14H,9-13H2,1-4H3,(H2,22,23,24). The lowest BCUT2D eigenvalue weighted by molar-refractivity contribution is 0.177. The molecule has 1 aromatic carbocycles. The van der Waals surface area contributed by atoms with Gasteiger partial charge in [0.15, 0.2) is 11.8 Å². The molecule has 7 nitrogen and oxygen atoms in total. The summed E-state index contributed by atoms with van der Waals surface area (Å²) in [7, 11) is 3.47. The molecule has 1 aliphatic rings. The van der Waals surface area contributed by atoms with Crippen molar-refractivity contribution < 1.29 is 4.74 Å². The number of methoxy groups -OCH3 is 1. The van der Waals surface area contributed by atoms with Gasteiger partial charge in [0.2, 0.25) is 0 Å². The number of aromatic nitrogens is 3. The third kappa shape index (κ3) is 4.91. The van der Waals surface area contributed by atoms with E-state index in [0.29, 0.717) is 6.61 Å². The lowest BCUT2D eigenvalue weighted by atomic mass is 9.84. The summed E-state index contributed by atoms with van der Waals surface area (Å²) in [5.74, 6) is 2.59. The van der Waals surface area contributed by atoms with Crippen molar-refractivity contribution in [2.24, 2.45) is 4.99 Å². The lowest BCUT2D eigenvalue weighted by Crippen LogP contribution is -2.49. The maximum Gasteiger partial charge on any atom is 0.191 e. The Labute approximate surface area is 175 Å². The highest BCUT2D eigenvalue weighted by molar-refractivity contribution is 9.10. The highest BCUT2D eigenvalue weighted by Crippen LogP contribution is 2.29. The highest BCUT2D eigenvalue weighted by atomic mass is 79.9. The number of fused-ring (bicyclic) bond motifs is 1. The smallest absolute Gasteiger partial charge is 0.191 e. The van der Waals surface area contributed by atoms with E-state index in [4.69, 9.17) is 4.74 Å². The summed E-state index contributed by atoms with van der Waals surface area (Å²) < 4.78 is 8.24. The zero-order chi connectivity index (χ0) is 20.1. The number of rotatable bonds is 6. The van der Waals surface area contributed by atoms with E-state index in [1.165, 1.54) is 5.56 Å². The predicted molar refractivity (Wildman–Crippen MR) is 115 cm³/mol. The number of guanidine groups is 1. The van der Waals surface area contributed by atoms with E-state index in [9.17, 15) is 0 Å². The predicted octanol–water partition coefficient (Wildman–Crippen LogP) is 2.64. The van der Waals surface area contributed by atoms with Gasteiger partial charge in [-0.15, -0.1) is 0 Å². The fourth-order valence-corrected chi connectivity index (χ4v) is 4.29. The molecular weight excluding hydrogens is 420 g/mol. The molecule has 0 aliphatic carbocycles. The van der Waals surface area contributed by atoms with Crippen LogP contribution in [0.4, 0.5) is 0 Å². The molecule has 0 amide bonds. The Morgan fingerprint density at radius 2 is 2.18 bits per heavy atom. The van der Waals surface area contributed by atoms with E-state index >= 15 is 0 Å². The minimum atomic E-state index is -0.0432. The molecule has 2 N–H and O–H groups in total. The van der Waals surface area contributed by atoms with Gasteiger partial charge in [0.25, 0.3) is 0 Å². The maximum absolute atomic E-state index is 5.14. The van der Waals surface area contributed by atoms with Crippen LogP contribution < -0.4 is 10.6 Å². The molecular formula is C20H29BrN6O. The minimum Gasteiger partial charge on any atom is -0.377 e. The first kappa shape index (κ1) is 20.8. The largest absolute Gasteiger partial charge is 0.377 e. The van der Waals surface area contributed by atoms with Gasteiger partial charge in [0, 0.05) is 43.1 Å². The molecule has 3 rings (SSSR count). The maximum atomic E-state index is 5.14. The Balaban J connectivity index is 1.58. The SMILES string of the molecule is CN=C(NCC(C)(C)c1ccccc1Br)NC1CCc2nc(COC)nn2C1. The molecule has 1 unspecified atom stereocenters. The van der Waals surface area contributed by atoms with Crippen LogP contribution in [0.15, 0.2) is 33.7 Å². The number of benzene rings is 1. The van der Waals surface area contributed by atoms with E-state index in [1.54, 1.807) is 14.2 Å². The molecule has 1 atom stereocenters. The number of hydrogen-bond acceptors (Lipinski definition) is 4. The van der Waals surface area contributed by atoms with Gasteiger partial charge >= 0.3 is 0 Å². The van der Waals surface area contributed by atoms with Gasteiger partial charge in [-0.3, -0.25) is 4.99 Å². The van der Waals surface area contributed by atoms with Gasteiger partial charge in [-0.25, -0.2) is 9.67 Å². The van der Waals surface area contributed by atoms with Gasteiger partial charge in [0.05, 0.1) is 6.54 Å². The first-order valence-electron chi connectivity index (χ1n) is 9.56. The molecule has 1 aromatic heterocycles. The summed E-state index contributed by atoms with van der Waals surface area (Å²) in [6.07, 6.45) is 1.90. The van der Waals surface area contributed by atoms with Gasteiger partial charge in [-0.1, -0.05) is 48.0 Å². The summed E-state index contributed by atoms with van der Waals surface area (Å²) in [4.78, 5) is 8.94. The van der Waals surface area contributed by atoms with Crippen molar-refractivity contribution >= 4 is 21.9 Å². The number of hydrogen-bond donors (Lipinski definition) is 2. The Kier molecular flexibility index (Phi) is 6.72. The zero-order valence-electron chi connectivity index (χ0n) is 17.0. The second-order valence-corrected chi connectivity index (χ2v) is 8.58. The summed E-state index contributed by atoms with van der Waals surface area (Å²) >= 11 is 3.67. The second-order valence-electron chi connectivity index (χ2n) is 7.73. The molecule has 28 heavy (non-hydrogen) atoms. The van der Waals surface area contributed by atoms with E-state index in [0.717, 1.165) is 48.0 Å². The lowest BCUT2D eigenvalue weighted by Gasteiger charge is -2.30. The van der Waals surface area contributed by atoms with Crippen molar-refractivity contribution in [2.75, 3.05) is 20.7 Å². The van der Waals surface area contributed by atoms with Crippen LogP contribution in [0.25, 0.3) is 0 Å². The molecule has 0 radical (unpaired) electrons. The third-order valence-electron chi connectivity index (χ3n) is 5.04. The Hall–Kier alpha value is -1.93. The average molecular weight is 449 g/mol. The normalized spacial score (nSPS) is 17.3. The molecule has 0 saturated heterocycles. The number of aliphatic imine (C=N–C) groups is 1. The van der Waals surface area contributed by atoms with Crippen molar-refractivity contribution in [3.63, 3.8) is 0 Å². The van der Waals surface area contributed by atoms with Crippen molar-refractivity contribution in [3.05, 3.63) is 46.0 Å². The van der Waals surface area contributed by atoms with Crippen LogP contribution in [0.2, 0.25) is 0 Å². The van der Waals surface area contributed by atoms with E-state index in [2.05, 4.69) is 73.7 Å². The third-order valence-corrected chi connectivity index (χ3v) is 5.73. The van der Waals surface area contributed by atoms with Crippen LogP contribution in [0, 0.1) is 0 Å². The van der Waals surface area contributed by atoms with Crippen molar-refractivity contribution in [1.29, 1.82) is 0 Å². The molecule has 0 saturated carbocycles. The summed E-state index contributed by atoms with van der Waals surface area (Å²) in [6.45, 7) is 6.46. The molecule has 152 valence electrons. The second kappa shape index (κ2) is 9.05. The summed E-state index contributed by atoms with van der Waals surface area (Å²) in [5.41, 5.74) is 1.23. The summed E-state index contributed by atoms with van der Waals surface area (Å²) in [5, 5.41) is 11.6. The van der Waals surface area contributed by atoms with Gasteiger partial charge in [-0.2, -0.15) is 5.10 Å². The average Bonchev–Trinajstić information content (AvgIpc) is 3.07. The van der Waals surface area contributed by atoms with Crippen LogP contribution in [0.1, 0.15) is 37.5 Å². The van der Waals surface area contributed by atoms with Crippen molar-refractivity contribution in [2.45, 2.75) is 51.3 Å². The zero-order valence-corrected chi connectivity index (χ0v) is 18.6. The van der Waals surface area contributed by atoms with Crippen molar-refractivity contribution in [1.82, 2.24) is 25.4 Å². The van der Waals surface area contributed by atoms with E-state index in [-0.39, 0.29) is 11.5 Å². The quantitative estimate of drug-likeness (QED) is 0.524. The highest BCUT2D eigenvalue weighted by Gasteiger charge is 2.25. The van der Waals surface area contributed by atoms with Gasteiger partial charge < -0.3 is 15.4 Å². The topological polar surface area (TPSA) is 76.4 Å². The number of nitrogens with one attached hydrogen (secondary N) is 2. The first-order valence-corrected chi connectivity index (χ1v) is 10.4. The molecule has 0 fully saturated rings. The minimum absolute atomic E-state index is 0.0432. The fraction of sp³-hybridized carbons (Fsp3) is 0.550. The molecule has 2 aromatic rings. The molecule has 2 heterocycles. The molecule has 1 aliphatic heterocycles. The van der Waals surface area contributed by atoms with Gasteiger partial charge in [-0.05, 0) is 18.1 Å². The number of aryl methyl sites for hydroxylation is 1. The molecule has 8 heteroatoms. The van der Waals surface area contributed by atoms with Crippen LogP contribution in [-0.4, -0.2) is 47.5 Å². The first-order chi connectivity index (χ1) is 13.4. The van der Waals surface area contributed by atoms with Crippen LogP contribution >= 0.6 is 15.9 Å². The van der Waals surface area contributed by atoms with E-state index < -0.39 is 0 Å². The van der Waals surface area contributed by atoms with Gasteiger partial charge in [0.1, 0.15) is 12.4 Å². The van der Waals surface area contributed by atoms with Crippen LogP contribution in [0.5, 0.6) is 0 Å². The van der Waals surface area contributed by atoms with E-state index in [1.807, 2.05) is 10.7 Å². The monoisotopic (exact) mass is 448 g/mol. The Bertz CT molecular complexity index is 832. The Morgan fingerprint density at radius 3 is 2.89 bits per heavy atom. The fourth-order valence-electron chi connectivity index (χ4n) is 3.47. The summed E-state index contributed by atoms with van der Waals surface area (Å²) in [6, 6.07) is 8.62. The van der Waals surface area contributed by atoms with Crippen molar-refractivity contribution in [3.8, 4) is 0 Å². The molecule has 0 spiro atoms. The number of nitrogens with zero attached hydrogens (tertiary/aromatic N) is 4. The Morgan fingerprint density at radius 1 is 1.39 bits per heavy atom. The number of ether oxygens (including phenoxy) is 1. The number of halogens is 1. The molecule has 0 bridgehead atoms. The van der Waals surface area contributed by atoms with Crippen LogP contribution in [0.3, 0.4) is 0 Å². The van der Waals surface area contributed by atoms with Crippen LogP contribution in [-0.2, 0) is 29.7 Å².